The highest BCUT2D eigenvalue weighted by Crippen LogP contribution is 2.15. The van der Waals surface area contributed by atoms with Crippen LogP contribution in [0.3, 0.4) is 0 Å². The molecule has 0 bridgehead atoms. The SMILES string of the molecule is CN(CC(=O)NCCCCN)C(=O)c1ccc(Br)o1.Cl. The van der Waals surface area contributed by atoms with Crippen LogP contribution in [-0.2, 0) is 4.79 Å². The van der Waals surface area contributed by atoms with Crippen LogP contribution in [0.25, 0.3) is 0 Å². The van der Waals surface area contributed by atoms with E-state index in [9.17, 15) is 9.59 Å². The molecule has 0 spiro atoms. The van der Waals surface area contributed by atoms with E-state index in [4.69, 9.17) is 10.2 Å². The Balaban J connectivity index is 0.00000361. The molecule has 0 aliphatic rings. The lowest BCUT2D eigenvalue weighted by Crippen LogP contribution is -2.38. The Labute approximate surface area is 132 Å². The molecule has 1 rings (SSSR count). The third-order valence-electron chi connectivity index (χ3n) is 2.46. The Hall–Kier alpha value is -1.05. The molecule has 0 atom stereocenters. The number of amides is 2. The first-order valence-corrected chi connectivity index (χ1v) is 6.81. The molecule has 0 fully saturated rings. The maximum absolute atomic E-state index is 11.9. The van der Waals surface area contributed by atoms with Crippen molar-refractivity contribution in [2.45, 2.75) is 12.8 Å². The number of furan rings is 1. The number of likely N-dealkylation sites (N-methyl/N-ethyl adjacent to an activating group) is 1. The van der Waals surface area contributed by atoms with Crippen LogP contribution in [-0.4, -0.2) is 43.4 Å². The number of nitrogens with zero attached hydrogens (tertiary/aromatic N) is 1. The van der Waals surface area contributed by atoms with E-state index in [-0.39, 0.29) is 36.5 Å². The molecule has 0 unspecified atom stereocenters. The molecule has 0 aromatic carbocycles. The first-order valence-electron chi connectivity index (χ1n) is 6.02. The molecule has 2 amide bonds. The smallest absolute Gasteiger partial charge is 0.289 e. The quantitative estimate of drug-likeness (QED) is 0.712. The van der Waals surface area contributed by atoms with Crippen LogP contribution in [0.5, 0.6) is 0 Å². The number of nitrogens with one attached hydrogen (secondary N) is 1. The molecule has 0 aliphatic heterocycles. The van der Waals surface area contributed by atoms with Crippen molar-refractivity contribution < 1.29 is 14.0 Å². The lowest BCUT2D eigenvalue weighted by Gasteiger charge is -2.15. The highest BCUT2D eigenvalue weighted by atomic mass is 79.9. The predicted molar refractivity (Wildman–Crippen MR) is 81.9 cm³/mol. The summed E-state index contributed by atoms with van der Waals surface area (Å²) in [6.07, 6.45) is 1.71. The lowest BCUT2D eigenvalue weighted by atomic mass is 10.3. The number of carbonyl (C=O) groups excluding carboxylic acids is 2. The number of hydrogen-bond acceptors (Lipinski definition) is 4. The summed E-state index contributed by atoms with van der Waals surface area (Å²) >= 11 is 3.12. The summed E-state index contributed by atoms with van der Waals surface area (Å²) in [5.41, 5.74) is 5.35. The lowest BCUT2D eigenvalue weighted by molar-refractivity contribution is -0.121. The molecule has 0 saturated carbocycles. The largest absolute Gasteiger partial charge is 0.444 e. The first-order chi connectivity index (χ1) is 9.04. The van der Waals surface area contributed by atoms with Crippen molar-refractivity contribution in [1.29, 1.82) is 0 Å². The highest BCUT2D eigenvalue weighted by Gasteiger charge is 2.17. The fraction of sp³-hybridized carbons (Fsp3) is 0.500. The number of hydrogen-bond donors (Lipinski definition) is 2. The second-order valence-electron chi connectivity index (χ2n) is 4.11. The Morgan fingerprint density at radius 2 is 2.10 bits per heavy atom. The van der Waals surface area contributed by atoms with Gasteiger partial charge in [0.15, 0.2) is 10.4 Å². The molecule has 0 radical (unpaired) electrons. The molecule has 20 heavy (non-hydrogen) atoms. The summed E-state index contributed by atoms with van der Waals surface area (Å²) in [5, 5.41) is 2.73. The van der Waals surface area contributed by atoms with Gasteiger partial charge < -0.3 is 20.4 Å². The van der Waals surface area contributed by atoms with Crippen LogP contribution in [0, 0.1) is 0 Å². The third-order valence-corrected chi connectivity index (χ3v) is 2.89. The first kappa shape index (κ1) is 18.9. The minimum Gasteiger partial charge on any atom is -0.444 e. The van der Waals surface area contributed by atoms with Gasteiger partial charge in [-0.25, -0.2) is 0 Å². The van der Waals surface area contributed by atoms with Gasteiger partial charge >= 0.3 is 0 Å². The van der Waals surface area contributed by atoms with Crippen molar-refractivity contribution in [2.75, 3.05) is 26.7 Å². The Morgan fingerprint density at radius 1 is 1.40 bits per heavy atom. The van der Waals surface area contributed by atoms with Gasteiger partial charge in [0.05, 0.1) is 6.54 Å². The van der Waals surface area contributed by atoms with Gasteiger partial charge in [-0.05, 0) is 47.4 Å². The molecule has 8 heteroatoms. The van der Waals surface area contributed by atoms with Crippen molar-refractivity contribution in [1.82, 2.24) is 10.2 Å². The van der Waals surface area contributed by atoms with E-state index in [0.717, 1.165) is 12.8 Å². The van der Waals surface area contributed by atoms with Crippen molar-refractivity contribution in [3.8, 4) is 0 Å². The zero-order chi connectivity index (χ0) is 14.3. The van der Waals surface area contributed by atoms with Gasteiger partial charge in [-0.2, -0.15) is 0 Å². The standard InChI is InChI=1S/C12H18BrN3O3.ClH/c1-16(8-11(17)15-7-3-2-6-14)12(18)9-4-5-10(13)19-9;/h4-5H,2-3,6-8,14H2,1H3,(H,15,17);1H. The molecule has 1 heterocycles. The van der Waals surface area contributed by atoms with Crippen LogP contribution < -0.4 is 11.1 Å². The summed E-state index contributed by atoms with van der Waals surface area (Å²) in [4.78, 5) is 24.8. The molecule has 0 aliphatic carbocycles. The Morgan fingerprint density at radius 3 is 2.65 bits per heavy atom. The van der Waals surface area contributed by atoms with Gasteiger partial charge in [0.25, 0.3) is 5.91 Å². The number of carbonyl (C=O) groups is 2. The van der Waals surface area contributed by atoms with E-state index in [1.165, 1.54) is 4.90 Å². The number of rotatable bonds is 7. The maximum Gasteiger partial charge on any atom is 0.289 e. The van der Waals surface area contributed by atoms with Crippen LogP contribution in [0.1, 0.15) is 23.4 Å². The van der Waals surface area contributed by atoms with Crippen LogP contribution in [0.15, 0.2) is 21.2 Å². The van der Waals surface area contributed by atoms with Gasteiger partial charge in [-0.15, -0.1) is 12.4 Å². The minimum atomic E-state index is -0.331. The van der Waals surface area contributed by atoms with Crippen molar-refractivity contribution in [3.63, 3.8) is 0 Å². The van der Waals surface area contributed by atoms with E-state index in [2.05, 4.69) is 21.2 Å². The highest BCUT2D eigenvalue weighted by molar-refractivity contribution is 9.10. The van der Waals surface area contributed by atoms with Crippen molar-refractivity contribution >= 4 is 40.2 Å². The predicted octanol–water partition coefficient (Wildman–Crippen LogP) is 1.39. The second-order valence-corrected chi connectivity index (χ2v) is 4.89. The summed E-state index contributed by atoms with van der Waals surface area (Å²) in [6, 6.07) is 3.19. The van der Waals surface area contributed by atoms with E-state index in [1.807, 2.05) is 0 Å². The zero-order valence-electron chi connectivity index (χ0n) is 11.2. The molecular formula is C12H19BrClN3O3. The normalized spacial score (nSPS) is 9.75. The maximum atomic E-state index is 11.9. The van der Waals surface area contributed by atoms with E-state index < -0.39 is 0 Å². The number of unbranched alkanes of at least 4 members (excludes halogenated alkanes) is 1. The van der Waals surface area contributed by atoms with Crippen molar-refractivity contribution in [3.05, 3.63) is 22.6 Å². The molecular weight excluding hydrogens is 350 g/mol. The van der Waals surface area contributed by atoms with Gasteiger partial charge in [-0.1, -0.05) is 0 Å². The van der Waals surface area contributed by atoms with Crippen LogP contribution >= 0.6 is 28.3 Å². The summed E-state index contributed by atoms with van der Waals surface area (Å²) < 4.78 is 5.62. The molecule has 6 nitrogen and oxygen atoms in total. The van der Waals surface area contributed by atoms with Crippen LogP contribution in [0.2, 0.25) is 0 Å². The zero-order valence-corrected chi connectivity index (χ0v) is 13.6. The van der Waals surface area contributed by atoms with Gasteiger partial charge in [-0.3, -0.25) is 9.59 Å². The molecule has 3 N–H and O–H groups in total. The molecule has 1 aromatic heterocycles. The van der Waals surface area contributed by atoms with Crippen LogP contribution in [0.4, 0.5) is 0 Å². The van der Waals surface area contributed by atoms with Gasteiger partial charge in [0.2, 0.25) is 5.91 Å². The topological polar surface area (TPSA) is 88.6 Å². The Kier molecular flexibility index (Phi) is 9.28. The summed E-state index contributed by atoms with van der Waals surface area (Å²) in [6.45, 7) is 1.19. The minimum absolute atomic E-state index is 0. The van der Waals surface area contributed by atoms with Crippen molar-refractivity contribution in [2.24, 2.45) is 5.73 Å². The van der Waals surface area contributed by atoms with Gasteiger partial charge in [0.1, 0.15) is 0 Å². The van der Waals surface area contributed by atoms with E-state index in [0.29, 0.717) is 17.8 Å². The average molecular weight is 369 g/mol. The fourth-order valence-corrected chi connectivity index (χ4v) is 1.76. The third kappa shape index (κ3) is 6.40. The molecule has 0 saturated heterocycles. The van der Waals surface area contributed by atoms with Gasteiger partial charge in [0, 0.05) is 13.6 Å². The number of halogens is 2. The molecule has 1 aromatic rings. The average Bonchev–Trinajstić information content (AvgIpc) is 2.80. The number of nitrogens with two attached hydrogens (primary N) is 1. The Bertz CT molecular complexity index is 439. The summed E-state index contributed by atoms with van der Waals surface area (Å²) in [7, 11) is 1.55. The summed E-state index contributed by atoms with van der Waals surface area (Å²) in [5.74, 6) is -0.327. The monoisotopic (exact) mass is 367 g/mol. The second kappa shape index (κ2) is 9.79. The fourth-order valence-electron chi connectivity index (χ4n) is 1.46. The van der Waals surface area contributed by atoms with E-state index in [1.54, 1.807) is 19.2 Å². The molecule has 114 valence electrons. The van der Waals surface area contributed by atoms with E-state index >= 15 is 0 Å².